The van der Waals surface area contributed by atoms with Crippen LogP contribution in [0.4, 0.5) is 5.69 Å². The van der Waals surface area contributed by atoms with Gasteiger partial charge in [-0.2, -0.15) is 0 Å². The molecule has 0 atom stereocenters. The van der Waals surface area contributed by atoms with E-state index in [1.54, 1.807) is 0 Å². The number of phenols is 1. The van der Waals surface area contributed by atoms with Crippen molar-refractivity contribution in [2.75, 3.05) is 26.2 Å². The molecular formula is C17H21NO3. The zero-order chi connectivity index (χ0) is 15.4. The number of hydrogen-bond donors (Lipinski definition) is 1. The van der Waals surface area contributed by atoms with Gasteiger partial charge in [-0.1, -0.05) is 18.2 Å². The zero-order valence-corrected chi connectivity index (χ0v) is 12.9. The highest BCUT2D eigenvalue weighted by Gasteiger charge is 2.13. The first-order chi connectivity index (χ1) is 10.1. The van der Waals surface area contributed by atoms with E-state index in [2.05, 4.69) is 24.0 Å². The van der Waals surface area contributed by atoms with Gasteiger partial charge in [0.2, 0.25) is 5.75 Å². The number of ether oxygens (including phenoxy) is 2. The van der Waals surface area contributed by atoms with Crippen LogP contribution >= 0.6 is 0 Å². The van der Waals surface area contributed by atoms with Crippen LogP contribution in [0.5, 0.6) is 17.2 Å². The molecule has 0 saturated heterocycles. The fraction of sp³-hybridized carbons (Fsp3) is 0.294. The van der Waals surface area contributed by atoms with Crippen LogP contribution in [-0.2, 0) is 6.54 Å². The van der Waals surface area contributed by atoms with Gasteiger partial charge in [0.1, 0.15) is 0 Å². The number of aryl methyl sites for hydroxylation is 1. The summed E-state index contributed by atoms with van der Waals surface area (Å²) in [5, 5.41) is 9.94. The van der Waals surface area contributed by atoms with Crippen LogP contribution in [0.1, 0.15) is 11.1 Å². The molecule has 2 rings (SSSR count). The number of para-hydroxylation sites is 1. The first-order valence-corrected chi connectivity index (χ1v) is 6.77. The van der Waals surface area contributed by atoms with Crippen molar-refractivity contribution in [1.82, 2.24) is 0 Å². The predicted molar refractivity (Wildman–Crippen MR) is 84.5 cm³/mol. The summed E-state index contributed by atoms with van der Waals surface area (Å²) in [7, 11) is 5.10. The lowest BCUT2D eigenvalue weighted by atomic mass is 10.1. The molecule has 4 nitrogen and oxygen atoms in total. The predicted octanol–water partition coefficient (Wildman–Crippen LogP) is 3.35. The lowest BCUT2D eigenvalue weighted by Crippen LogP contribution is -2.17. The van der Waals surface area contributed by atoms with Gasteiger partial charge in [-0.3, -0.25) is 0 Å². The zero-order valence-electron chi connectivity index (χ0n) is 12.9. The first kappa shape index (κ1) is 15.0. The minimum atomic E-state index is 0.0299. The Morgan fingerprint density at radius 1 is 1.05 bits per heavy atom. The maximum absolute atomic E-state index is 9.94. The monoisotopic (exact) mass is 287 g/mol. The summed E-state index contributed by atoms with van der Waals surface area (Å²) in [4.78, 5) is 2.15. The van der Waals surface area contributed by atoms with Gasteiger partial charge in [0, 0.05) is 19.3 Å². The molecule has 0 radical (unpaired) electrons. The Labute approximate surface area is 125 Å². The highest BCUT2D eigenvalue weighted by molar-refractivity contribution is 5.56. The standard InChI is InChI=1S/C17H21NO3/c1-12-7-5-6-8-14(12)18(2)11-13-9-15(20-3)17(19)16(10-13)21-4/h5-10,19H,11H2,1-4H3. The van der Waals surface area contributed by atoms with Gasteiger partial charge in [0.15, 0.2) is 11.5 Å². The number of anilines is 1. The molecule has 21 heavy (non-hydrogen) atoms. The molecule has 1 N–H and O–H groups in total. The van der Waals surface area contributed by atoms with E-state index in [1.807, 2.05) is 31.3 Å². The summed E-state index contributed by atoms with van der Waals surface area (Å²) in [5.41, 5.74) is 3.40. The van der Waals surface area contributed by atoms with Crippen molar-refractivity contribution < 1.29 is 14.6 Å². The first-order valence-electron chi connectivity index (χ1n) is 6.77. The van der Waals surface area contributed by atoms with Crippen LogP contribution in [0.2, 0.25) is 0 Å². The minimum absolute atomic E-state index is 0.0299. The lowest BCUT2D eigenvalue weighted by Gasteiger charge is -2.22. The second-order valence-corrected chi connectivity index (χ2v) is 4.99. The second-order valence-electron chi connectivity index (χ2n) is 4.99. The van der Waals surface area contributed by atoms with Crippen LogP contribution in [-0.4, -0.2) is 26.4 Å². The van der Waals surface area contributed by atoms with Gasteiger partial charge < -0.3 is 19.5 Å². The van der Waals surface area contributed by atoms with Crippen LogP contribution in [0.3, 0.4) is 0 Å². The van der Waals surface area contributed by atoms with Crippen LogP contribution in [0, 0.1) is 6.92 Å². The van der Waals surface area contributed by atoms with E-state index >= 15 is 0 Å². The number of benzene rings is 2. The van der Waals surface area contributed by atoms with E-state index < -0.39 is 0 Å². The summed E-state index contributed by atoms with van der Waals surface area (Å²) >= 11 is 0. The van der Waals surface area contributed by atoms with Crippen molar-refractivity contribution in [3.05, 3.63) is 47.5 Å². The molecule has 0 heterocycles. The van der Waals surface area contributed by atoms with Crippen molar-refractivity contribution >= 4 is 5.69 Å². The summed E-state index contributed by atoms with van der Waals surface area (Å²) in [5.74, 6) is 0.868. The highest BCUT2D eigenvalue weighted by Crippen LogP contribution is 2.37. The maximum atomic E-state index is 9.94. The number of aromatic hydroxyl groups is 1. The smallest absolute Gasteiger partial charge is 0.200 e. The molecule has 0 saturated carbocycles. The number of rotatable bonds is 5. The Hall–Kier alpha value is -2.36. The molecule has 0 aliphatic carbocycles. The summed E-state index contributed by atoms with van der Waals surface area (Å²) < 4.78 is 10.4. The average Bonchev–Trinajstić information content (AvgIpc) is 2.49. The molecule has 0 fully saturated rings. The summed E-state index contributed by atoms with van der Waals surface area (Å²) in [6.07, 6.45) is 0. The van der Waals surface area contributed by atoms with E-state index in [1.165, 1.54) is 25.5 Å². The molecule has 2 aromatic rings. The highest BCUT2D eigenvalue weighted by atomic mass is 16.5. The molecule has 112 valence electrons. The molecule has 0 spiro atoms. The fourth-order valence-electron chi connectivity index (χ4n) is 2.39. The molecule has 0 bridgehead atoms. The average molecular weight is 287 g/mol. The third-order valence-electron chi connectivity index (χ3n) is 3.49. The number of nitrogens with zero attached hydrogens (tertiary/aromatic N) is 1. The Kier molecular flexibility index (Phi) is 4.58. The third-order valence-corrected chi connectivity index (χ3v) is 3.49. The molecule has 0 aliphatic heterocycles. The van der Waals surface area contributed by atoms with Crippen LogP contribution in [0.15, 0.2) is 36.4 Å². The fourth-order valence-corrected chi connectivity index (χ4v) is 2.39. The normalized spacial score (nSPS) is 10.3. The molecule has 2 aromatic carbocycles. The van der Waals surface area contributed by atoms with Crippen molar-refractivity contribution in [3.63, 3.8) is 0 Å². The van der Waals surface area contributed by atoms with Crippen molar-refractivity contribution in [2.24, 2.45) is 0 Å². The minimum Gasteiger partial charge on any atom is -0.502 e. The topological polar surface area (TPSA) is 41.9 Å². The summed E-state index contributed by atoms with van der Waals surface area (Å²) in [6, 6.07) is 11.9. The largest absolute Gasteiger partial charge is 0.502 e. The SMILES string of the molecule is COc1cc(CN(C)c2ccccc2C)cc(OC)c1O. The van der Waals surface area contributed by atoms with E-state index in [0.717, 1.165) is 5.56 Å². The number of methoxy groups -OCH3 is 2. The lowest BCUT2D eigenvalue weighted by molar-refractivity contribution is 0.339. The van der Waals surface area contributed by atoms with Gasteiger partial charge in [-0.25, -0.2) is 0 Å². The number of hydrogen-bond acceptors (Lipinski definition) is 4. The molecular weight excluding hydrogens is 266 g/mol. The second kappa shape index (κ2) is 6.39. The van der Waals surface area contributed by atoms with Crippen molar-refractivity contribution in [1.29, 1.82) is 0 Å². The molecule has 0 unspecified atom stereocenters. The van der Waals surface area contributed by atoms with Gasteiger partial charge in [0.05, 0.1) is 14.2 Å². The van der Waals surface area contributed by atoms with Gasteiger partial charge in [0.25, 0.3) is 0 Å². The van der Waals surface area contributed by atoms with Crippen LogP contribution < -0.4 is 14.4 Å². The Morgan fingerprint density at radius 2 is 1.62 bits per heavy atom. The Morgan fingerprint density at radius 3 is 2.14 bits per heavy atom. The maximum Gasteiger partial charge on any atom is 0.200 e. The van der Waals surface area contributed by atoms with E-state index in [0.29, 0.717) is 18.0 Å². The molecule has 4 heteroatoms. The van der Waals surface area contributed by atoms with Crippen molar-refractivity contribution in [2.45, 2.75) is 13.5 Å². The third kappa shape index (κ3) is 3.21. The van der Waals surface area contributed by atoms with Crippen LogP contribution in [0.25, 0.3) is 0 Å². The number of phenolic OH excluding ortho intramolecular Hbond substituents is 1. The van der Waals surface area contributed by atoms with E-state index in [-0.39, 0.29) is 5.75 Å². The van der Waals surface area contributed by atoms with Gasteiger partial charge in [-0.15, -0.1) is 0 Å². The van der Waals surface area contributed by atoms with Crippen molar-refractivity contribution in [3.8, 4) is 17.2 Å². The van der Waals surface area contributed by atoms with E-state index in [4.69, 9.17) is 9.47 Å². The van der Waals surface area contributed by atoms with Gasteiger partial charge >= 0.3 is 0 Å². The van der Waals surface area contributed by atoms with E-state index in [9.17, 15) is 5.11 Å². The molecule has 0 aromatic heterocycles. The molecule has 0 aliphatic rings. The summed E-state index contributed by atoms with van der Waals surface area (Å²) in [6.45, 7) is 2.78. The molecule has 0 amide bonds. The quantitative estimate of drug-likeness (QED) is 0.915. The Balaban J connectivity index is 2.29. The van der Waals surface area contributed by atoms with Gasteiger partial charge in [-0.05, 0) is 36.2 Å². The Bertz CT molecular complexity index is 600.